The van der Waals surface area contributed by atoms with Gasteiger partial charge in [-0.25, -0.2) is 4.79 Å². The van der Waals surface area contributed by atoms with Gasteiger partial charge >= 0.3 is 5.69 Å². The Hall–Kier alpha value is -2.93. The molecule has 0 saturated heterocycles. The zero-order chi connectivity index (χ0) is 21.6. The van der Waals surface area contributed by atoms with Crippen LogP contribution in [0.4, 0.5) is 5.69 Å². The predicted octanol–water partition coefficient (Wildman–Crippen LogP) is 3.86. The van der Waals surface area contributed by atoms with Crippen molar-refractivity contribution in [1.82, 2.24) is 14.5 Å². The van der Waals surface area contributed by atoms with Gasteiger partial charge in [0, 0.05) is 23.1 Å². The number of anilines is 1. The number of rotatable bonds is 7. The molecule has 160 valence electrons. The summed E-state index contributed by atoms with van der Waals surface area (Å²) in [6.45, 7) is 2.52. The molecule has 1 amide bonds. The van der Waals surface area contributed by atoms with Crippen LogP contribution in [0.25, 0.3) is 0 Å². The molecule has 1 N–H and O–H groups in total. The molecule has 0 atom stereocenters. The number of benzene rings is 1. The smallest absolute Gasteiger partial charge is 0.325 e. The van der Waals surface area contributed by atoms with E-state index in [9.17, 15) is 9.59 Å². The van der Waals surface area contributed by atoms with Crippen molar-refractivity contribution >= 4 is 23.4 Å². The van der Waals surface area contributed by atoms with Crippen LogP contribution in [-0.4, -0.2) is 26.2 Å². The second-order valence-electron chi connectivity index (χ2n) is 7.63. The van der Waals surface area contributed by atoms with Crippen LogP contribution < -0.4 is 11.0 Å². The molecule has 2 heterocycles. The van der Waals surface area contributed by atoms with Crippen molar-refractivity contribution in [2.24, 2.45) is 0 Å². The van der Waals surface area contributed by atoms with E-state index in [4.69, 9.17) is 0 Å². The monoisotopic (exact) mass is 434 g/mol. The van der Waals surface area contributed by atoms with E-state index in [2.05, 4.69) is 22.2 Å². The first-order valence-electron chi connectivity index (χ1n) is 10.7. The molecule has 4 rings (SSSR count). The maximum Gasteiger partial charge on any atom is 0.349 e. The normalized spacial score (nSPS) is 12.9. The number of pyridine rings is 1. The van der Waals surface area contributed by atoms with Crippen LogP contribution in [0.15, 0.2) is 58.5 Å². The Balaban J connectivity index is 1.50. The van der Waals surface area contributed by atoms with E-state index in [-0.39, 0.29) is 17.3 Å². The van der Waals surface area contributed by atoms with E-state index < -0.39 is 0 Å². The summed E-state index contributed by atoms with van der Waals surface area (Å²) < 4.78 is 1.75. The van der Waals surface area contributed by atoms with Crippen molar-refractivity contribution in [3.63, 3.8) is 0 Å². The Morgan fingerprint density at radius 2 is 1.94 bits per heavy atom. The van der Waals surface area contributed by atoms with Gasteiger partial charge in [-0.1, -0.05) is 36.9 Å². The Bertz CT molecular complexity index is 1110. The zero-order valence-corrected chi connectivity index (χ0v) is 18.5. The van der Waals surface area contributed by atoms with Crippen LogP contribution in [0.1, 0.15) is 42.3 Å². The molecule has 3 aromatic rings. The minimum Gasteiger partial charge on any atom is -0.325 e. The Labute approximate surface area is 186 Å². The lowest BCUT2D eigenvalue weighted by atomic mass is 9.97. The number of amides is 1. The van der Waals surface area contributed by atoms with Gasteiger partial charge in [0.15, 0.2) is 0 Å². The van der Waals surface area contributed by atoms with Crippen LogP contribution in [-0.2, 0) is 30.6 Å². The second kappa shape index (κ2) is 9.92. The van der Waals surface area contributed by atoms with E-state index in [1.807, 2.05) is 42.5 Å². The Morgan fingerprint density at radius 1 is 1.13 bits per heavy atom. The first kappa shape index (κ1) is 21.3. The van der Waals surface area contributed by atoms with Gasteiger partial charge in [-0.2, -0.15) is 4.98 Å². The fourth-order valence-electron chi connectivity index (χ4n) is 3.84. The average Bonchev–Trinajstić information content (AvgIpc) is 2.81. The number of aromatic nitrogens is 3. The maximum atomic E-state index is 12.8. The summed E-state index contributed by atoms with van der Waals surface area (Å²) in [5.41, 5.74) is 4.72. The molecule has 6 nitrogen and oxygen atoms in total. The molecular weight excluding hydrogens is 408 g/mol. The predicted molar refractivity (Wildman–Crippen MR) is 124 cm³/mol. The molecule has 2 aromatic heterocycles. The number of aryl methyl sites for hydroxylation is 1. The van der Waals surface area contributed by atoms with Gasteiger partial charge in [0.2, 0.25) is 5.91 Å². The molecule has 0 fully saturated rings. The van der Waals surface area contributed by atoms with E-state index >= 15 is 0 Å². The Morgan fingerprint density at radius 3 is 2.68 bits per heavy atom. The molecule has 0 aliphatic heterocycles. The number of carbonyl (C=O) groups is 1. The highest BCUT2D eigenvalue weighted by atomic mass is 32.2. The number of hydrogen-bond donors (Lipinski definition) is 1. The highest BCUT2D eigenvalue weighted by Gasteiger charge is 2.21. The van der Waals surface area contributed by atoms with Gasteiger partial charge in [0.25, 0.3) is 0 Å². The average molecular weight is 435 g/mol. The second-order valence-corrected chi connectivity index (χ2v) is 8.59. The number of nitrogens with one attached hydrogen (secondary N) is 1. The van der Waals surface area contributed by atoms with Gasteiger partial charge in [-0.15, -0.1) is 0 Å². The molecule has 0 bridgehead atoms. The number of hydrogen-bond acceptors (Lipinski definition) is 5. The van der Waals surface area contributed by atoms with Gasteiger partial charge in [0.05, 0.1) is 18.0 Å². The van der Waals surface area contributed by atoms with Gasteiger partial charge in [-0.3, -0.25) is 14.3 Å². The first-order chi connectivity index (χ1) is 15.1. The van der Waals surface area contributed by atoms with Crippen molar-refractivity contribution < 1.29 is 4.79 Å². The van der Waals surface area contributed by atoms with Crippen LogP contribution in [0.3, 0.4) is 0 Å². The summed E-state index contributed by atoms with van der Waals surface area (Å²) in [5.74, 6) is 0.122. The van der Waals surface area contributed by atoms with Crippen molar-refractivity contribution in [2.75, 3.05) is 11.1 Å². The van der Waals surface area contributed by atoms with Crippen LogP contribution >= 0.6 is 11.8 Å². The van der Waals surface area contributed by atoms with Crippen LogP contribution in [0, 0.1) is 0 Å². The quantitative estimate of drug-likeness (QED) is 0.451. The minimum atomic E-state index is -0.274. The highest BCUT2D eigenvalue weighted by molar-refractivity contribution is 8.00. The van der Waals surface area contributed by atoms with E-state index in [1.54, 1.807) is 10.8 Å². The molecule has 0 unspecified atom stereocenters. The third-order valence-corrected chi connectivity index (χ3v) is 6.50. The fourth-order valence-corrected chi connectivity index (χ4v) is 4.72. The number of carbonyl (C=O) groups excluding carboxylic acids is 1. The van der Waals surface area contributed by atoms with Crippen molar-refractivity contribution in [1.29, 1.82) is 0 Å². The summed E-state index contributed by atoms with van der Waals surface area (Å²) in [6, 6.07) is 13.6. The van der Waals surface area contributed by atoms with Crippen LogP contribution in [0.2, 0.25) is 0 Å². The first-order valence-corrected chi connectivity index (χ1v) is 11.7. The largest absolute Gasteiger partial charge is 0.349 e. The standard InChI is InChI=1S/C24H26N4O2S/c1-2-17-10-12-18(13-11-17)26-22(29)16-31-23-20-8-3-4-9-21(20)28(24(30)27-23)15-19-7-5-6-14-25-19/h5-7,10-14H,2-4,8-9,15-16H2,1H3,(H,26,29). The summed E-state index contributed by atoms with van der Waals surface area (Å²) in [7, 11) is 0. The molecule has 7 heteroatoms. The van der Waals surface area contributed by atoms with Crippen LogP contribution in [0.5, 0.6) is 0 Å². The van der Waals surface area contributed by atoms with Crippen molar-refractivity contribution in [3.05, 3.63) is 81.7 Å². The Kier molecular flexibility index (Phi) is 6.82. The molecule has 0 saturated carbocycles. The SMILES string of the molecule is CCc1ccc(NC(=O)CSc2nc(=O)n(Cc3ccccn3)c3c2CCCC3)cc1. The van der Waals surface area contributed by atoms with E-state index in [1.165, 1.54) is 17.3 Å². The number of fused-ring (bicyclic) bond motifs is 1. The molecule has 1 aliphatic rings. The lowest BCUT2D eigenvalue weighted by molar-refractivity contribution is -0.113. The molecule has 0 spiro atoms. The minimum absolute atomic E-state index is 0.0988. The maximum absolute atomic E-state index is 12.8. The lowest BCUT2D eigenvalue weighted by Gasteiger charge is -2.22. The van der Waals surface area contributed by atoms with Gasteiger partial charge < -0.3 is 5.32 Å². The molecule has 31 heavy (non-hydrogen) atoms. The number of thioether (sulfide) groups is 1. The number of nitrogens with zero attached hydrogens (tertiary/aromatic N) is 3. The highest BCUT2D eigenvalue weighted by Crippen LogP contribution is 2.28. The molecular formula is C24H26N4O2S. The lowest BCUT2D eigenvalue weighted by Crippen LogP contribution is -2.31. The van der Waals surface area contributed by atoms with Gasteiger partial charge in [0.1, 0.15) is 5.03 Å². The van der Waals surface area contributed by atoms with E-state index in [0.29, 0.717) is 11.6 Å². The summed E-state index contributed by atoms with van der Waals surface area (Å²) in [6.07, 6.45) is 6.55. The van der Waals surface area contributed by atoms with E-state index in [0.717, 1.165) is 54.7 Å². The zero-order valence-electron chi connectivity index (χ0n) is 17.6. The van der Waals surface area contributed by atoms with Crippen molar-refractivity contribution in [2.45, 2.75) is 50.6 Å². The molecule has 0 radical (unpaired) electrons. The molecule has 1 aliphatic carbocycles. The summed E-state index contributed by atoms with van der Waals surface area (Å²) in [4.78, 5) is 34.0. The third-order valence-electron chi connectivity index (χ3n) is 5.48. The third kappa shape index (κ3) is 5.22. The molecule has 1 aromatic carbocycles. The summed E-state index contributed by atoms with van der Waals surface area (Å²) in [5, 5.41) is 3.61. The summed E-state index contributed by atoms with van der Waals surface area (Å²) >= 11 is 1.35. The van der Waals surface area contributed by atoms with Crippen molar-refractivity contribution in [3.8, 4) is 0 Å². The van der Waals surface area contributed by atoms with Gasteiger partial charge in [-0.05, 0) is 61.9 Å². The fraction of sp³-hybridized carbons (Fsp3) is 0.333. The topological polar surface area (TPSA) is 76.9 Å².